The molecule has 0 saturated carbocycles. The van der Waals surface area contributed by atoms with Crippen molar-refractivity contribution in [2.45, 2.75) is 20.8 Å². The van der Waals surface area contributed by atoms with Gasteiger partial charge in [-0.3, -0.25) is 4.79 Å². The molecule has 0 aromatic heterocycles. The maximum atomic E-state index is 11.9. The lowest BCUT2D eigenvalue weighted by Gasteiger charge is -2.07. The summed E-state index contributed by atoms with van der Waals surface area (Å²) < 4.78 is 0. The van der Waals surface area contributed by atoms with E-state index in [1.165, 1.54) is 6.92 Å². The Kier molecular flexibility index (Phi) is 5.79. The third kappa shape index (κ3) is 5.10. The number of rotatable bonds is 5. The van der Waals surface area contributed by atoms with Crippen LogP contribution in [-0.2, 0) is 9.59 Å². The number of benzene rings is 2. The second-order valence-corrected chi connectivity index (χ2v) is 5.61. The van der Waals surface area contributed by atoms with E-state index in [1.807, 2.05) is 38.1 Å². The predicted octanol–water partition coefficient (Wildman–Crippen LogP) is 4.69. The first-order chi connectivity index (χ1) is 11.9. The monoisotopic (exact) mass is 337 g/mol. The molecule has 2 aromatic carbocycles. The van der Waals surface area contributed by atoms with Gasteiger partial charge >= 0.3 is 5.97 Å². The molecule has 0 atom stereocenters. The zero-order valence-electron chi connectivity index (χ0n) is 14.3. The average molecular weight is 337 g/mol. The van der Waals surface area contributed by atoms with E-state index < -0.39 is 11.9 Å². The number of aryl methyl sites for hydroxylation is 2. The van der Waals surface area contributed by atoms with Crippen molar-refractivity contribution in [1.82, 2.24) is 0 Å². The van der Waals surface area contributed by atoms with Crippen molar-refractivity contribution in [1.29, 1.82) is 0 Å². The molecule has 0 aliphatic carbocycles. The van der Waals surface area contributed by atoms with Gasteiger partial charge in [0, 0.05) is 17.3 Å². The van der Waals surface area contributed by atoms with Crippen molar-refractivity contribution in [2.24, 2.45) is 10.2 Å². The molecule has 2 rings (SSSR count). The van der Waals surface area contributed by atoms with E-state index >= 15 is 0 Å². The van der Waals surface area contributed by atoms with Crippen LogP contribution in [-0.4, -0.2) is 17.0 Å². The molecule has 0 unspecified atom stereocenters. The maximum absolute atomic E-state index is 11.9. The van der Waals surface area contributed by atoms with Crippen molar-refractivity contribution >= 4 is 28.9 Å². The highest BCUT2D eigenvalue weighted by Gasteiger charge is 2.08. The van der Waals surface area contributed by atoms with Gasteiger partial charge in [-0.15, -0.1) is 0 Å². The van der Waals surface area contributed by atoms with Gasteiger partial charge in [-0.1, -0.05) is 18.2 Å². The van der Waals surface area contributed by atoms with E-state index in [1.54, 1.807) is 18.2 Å². The number of aliphatic carboxylic acids is 1. The summed E-state index contributed by atoms with van der Waals surface area (Å²) in [5.41, 5.74) is 4.06. The summed E-state index contributed by atoms with van der Waals surface area (Å²) in [6, 6.07) is 12.9. The Balaban J connectivity index is 2.14. The number of amides is 1. The summed E-state index contributed by atoms with van der Waals surface area (Å²) in [5, 5.41) is 19.8. The van der Waals surface area contributed by atoms with Gasteiger partial charge in [0.05, 0.1) is 11.4 Å². The second-order valence-electron chi connectivity index (χ2n) is 5.61. The quantitative estimate of drug-likeness (QED) is 0.612. The summed E-state index contributed by atoms with van der Waals surface area (Å²) in [4.78, 5) is 22.5. The number of carbonyl (C=O) groups excluding carboxylic acids is 1. The number of carboxylic acid groups (broad SMARTS) is 1. The maximum Gasteiger partial charge on any atom is 0.328 e. The second kappa shape index (κ2) is 8.01. The van der Waals surface area contributed by atoms with Crippen LogP contribution in [0.2, 0.25) is 0 Å². The van der Waals surface area contributed by atoms with Gasteiger partial charge in [-0.2, -0.15) is 10.2 Å². The SMILES string of the molecule is CC(=CC(=O)O)C(=O)Nc1ccc(N=Nc2ccccc2C)c(C)c1. The summed E-state index contributed by atoms with van der Waals surface area (Å²) in [7, 11) is 0. The Morgan fingerprint density at radius 3 is 2.24 bits per heavy atom. The summed E-state index contributed by atoms with van der Waals surface area (Å²) in [6.45, 7) is 5.27. The molecule has 0 aliphatic heterocycles. The topological polar surface area (TPSA) is 91.1 Å². The Hall–Kier alpha value is -3.28. The molecule has 2 aromatic rings. The standard InChI is InChI=1S/C19H19N3O3/c1-12-6-4-5-7-16(12)21-22-17-9-8-15(10-13(17)2)20-19(25)14(3)11-18(23)24/h4-11H,1-3H3,(H,20,25)(H,23,24). The number of azo groups is 1. The summed E-state index contributed by atoms with van der Waals surface area (Å²) in [5.74, 6) is -1.62. The Bertz CT molecular complexity index is 870. The van der Waals surface area contributed by atoms with Crippen LogP contribution in [0, 0.1) is 13.8 Å². The van der Waals surface area contributed by atoms with Crippen molar-refractivity contribution in [2.75, 3.05) is 5.32 Å². The van der Waals surface area contributed by atoms with E-state index in [4.69, 9.17) is 5.11 Å². The van der Waals surface area contributed by atoms with Crippen LogP contribution < -0.4 is 5.32 Å². The molecular weight excluding hydrogens is 318 g/mol. The van der Waals surface area contributed by atoms with Gasteiger partial charge in [0.2, 0.25) is 0 Å². The minimum atomic E-state index is -1.16. The van der Waals surface area contributed by atoms with Crippen LogP contribution in [0.1, 0.15) is 18.1 Å². The van der Waals surface area contributed by atoms with Crippen molar-refractivity contribution in [3.05, 3.63) is 65.2 Å². The zero-order valence-corrected chi connectivity index (χ0v) is 14.3. The van der Waals surface area contributed by atoms with E-state index in [-0.39, 0.29) is 5.57 Å². The molecule has 0 bridgehead atoms. The molecule has 2 N–H and O–H groups in total. The van der Waals surface area contributed by atoms with Crippen LogP contribution in [0.25, 0.3) is 0 Å². The molecular formula is C19H19N3O3. The van der Waals surface area contributed by atoms with Crippen molar-refractivity contribution in [3.63, 3.8) is 0 Å². The predicted molar refractivity (Wildman–Crippen MR) is 96.6 cm³/mol. The number of anilines is 1. The van der Waals surface area contributed by atoms with Gasteiger partial charge in [0.15, 0.2) is 0 Å². The molecule has 25 heavy (non-hydrogen) atoms. The molecule has 0 saturated heterocycles. The number of carbonyl (C=O) groups is 2. The first-order valence-corrected chi connectivity index (χ1v) is 7.67. The molecule has 0 aliphatic rings. The molecule has 128 valence electrons. The fourth-order valence-corrected chi connectivity index (χ4v) is 2.11. The zero-order chi connectivity index (χ0) is 18.4. The normalized spacial score (nSPS) is 11.6. The van der Waals surface area contributed by atoms with E-state index in [2.05, 4.69) is 15.5 Å². The van der Waals surface area contributed by atoms with Crippen LogP contribution in [0.5, 0.6) is 0 Å². The van der Waals surface area contributed by atoms with Crippen LogP contribution in [0.3, 0.4) is 0 Å². The summed E-state index contributed by atoms with van der Waals surface area (Å²) >= 11 is 0. The van der Waals surface area contributed by atoms with Gasteiger partial charge in [-0.05, 0) is 56.2 Å². The number of nitrogens with one attached hydrogen (secondary N) is 1. The highest BCUT2D eigenvalue weighted by Crippen LogP contribution is 2.26. The number of nitrogens with zero attached hydrogens (tertiary/aromatic N) is 2. The number of hydrogen-bond acceptors (Lipinski definition) is 4. The fourth-order valence-electron chi connectivity index (χ4n) is 2.11. The lowest BCUT2D eigenvalue weighted by Crippen LogP contribution is -2.13. The van der Waals surface area contributed by atoms with E-state index in [0.717, 1.165) is 22.9 Å². The average Bonchev–Trinajstić information content (AvgIpc) is 2.55. The number of hydrogen-bond donors (Lipinski definition) is 2. The highest BCUT2D eigenvalue weighted by molar-refractivity contribution is 6.06. The van der Waals surface area contributed by atoms with Gasteiger partial charge in [0.1, 0.15) is 0 Å². The minimum absolute atomic E-state index is 0.119. The van der Waals surface area contributed by atoms with Crippen molar-refractivity contribution in [3.8, 4) is 0 Å². The summed E-state index contributed by atoms with van der Waals surface area (Å²) in [6.07, 6.45) is 0.868. The van der Waals surface area contributed by atoms with Crippen LogP contribution in [0.4, 0.5) is 17.1 Å². The molecule has 0 spiro atoms. The third-order valence-corrected chi connectivity index (χ3v) is 3.53. The van der Waals surface area contributed by atoms with E-state index in [0.29, 0.717) is 11.4 Å². The van der Waals surface area contributed by atoms with Gasteiger partial charge < -0.3 is 10.4 Å². The minimum Gasteiger partial charge on any atom is -0.478 e. The Morgan fingerprint density at radius 2 is 1.64 bits per heavy atom. The highest BCUT2D eigenvalue weighted by atomic mass is 16.4. The third-order valence-electron chi connectivity index (χ3n) is 3.53. The largest absolute Gasteiger partial charge is 0.478 e. The molecule has 0 fully saturated rings. The van der Waals surface area contributed by atoms with E-state index in [9.17, 15) is 9.59 Å². The van der Waals surface area contributed by atoms with Gasteiger partial charge in [-0.25, -0.2) is 4.79 Å². The number of carboxylic acids is 1. The lowest BCUT2D eigenvalue weighted by atomic mass is 10.1. The van der Waals surface area contributed by atoms with Crippen LogP contribution >= 0.6 is 0 Å². The fraction of sp³-hybridized carbons (Fsp3) is 0.158. The molecule has 0 heterocycles. The van der Waals surface area contributed by atoms with Crippen LogP contribution in [0.15, 0.2) is 64.3 Å². The Morgan fingerprint density at radius 1 is 1.00 bits per heavy atom. The molecule has 0 radical (unpaired) electrons. The first kappa shape index (κ1) is 18.1. The van der Waals surface area contributed by atoms with Crippen molar-refractivity contribution < 1.29 is 14.7 Å². The van der Waals surface area contributed by atoms with Gasteiger partial charge in [0.25, 0.3) is 5.91 Å². The molecule has 6 nitrogen and oxygen atoms in total. The first-order valence-electron chi connectivity index (χ1n) is 7.67. The molecule has 1 amide bonds. The smallest absolute Gasteiger partial charge is 0.328 e. The Labute approximate surface area is 145 Å². The molecule has 6 heteroatoms. The lowest BCUT2D eigenvalue weighted by molar-refractivity contribution is -0.131.